The summed E-state index contributed by atoms with van der Waals surface area (Å²) < 4.78 is 34.9. The van der Waals surface area contributed by atoms with Crippen molar-refractivity contribution in [3.05, 3.63) is 54.1 Å². The molecule has 0 saturated heterocycles. The predicted octanol–water partition coefficient (Wildman–Crippen LogP) is 4.19. The van der Waals surface area contributed by atoms with Crippen molar-refractivity contribution in [3.63, 3.8) is 0 Å². The number of alkyl halides is 2. The van der Waals surface area contributed by atoms with E-state index in [0.717, 1.165) is 10.2 Å². The lowest BCUT2D eigenvalue weighted by Crippen LogP contribution is -2.33. The van der Waals surface area contributed by atoms with Gasteiger partial charge in [0.25, 0.3) is 5.91 Å². The molecule has 0 unspecified atom stereocenters. The second-order valence-electron chi connectivity index (χ2n) is 5.32. The average molecular weight is 378 g/mol. The van der Waals surface area contributed by atoms with E-state index in [1.54, 1.807) is 7.11 Å². The smallest absolute Gasteiger partial charge is 0.387 e. The van der Waals surface area contributed by atoms with Gasteiger partial charge in [0.1, 0.15) is 5.75 Å². The van der Waals surface area contributed by atoms with Crippen LogP contribution in [0, 0.1) is 0 Å². The monoisotopic (exact) mass is 378 g/mol. The number of hydrogen-bond acceptors (Lipinski definition) is 5. The van der Waals surface area contributed by atoms with Gasteiger partial charge < -0.3 is 9.47 Å². The molecule has 5 nitrogen and oxygen atoms in total. The number of benzene rings is 2. The van der Waals surface area contributed by atoms with Crippen LogP contribution < -0.4 is 9.64 Å². The number of fused-ring (bicyclic) bond motifs is 1. The fraction of sp³-hybridized carbons (Fsp3) is 0.222. The number of nitrogens with zero attached hydrogens (tertiary/aromatic N) is 2. The van der Waals surface area contributed by atoms with Gasteiger partial charge >= 0.3 is 6.61 Å². The Morgan fingerprint density at radius 2 is 1.92 bits per heavy atom. The second kappa shape index (κ2) is 8.20. The minimum atomic E-state index is -2.91. The molecule has 0 spiro atoms. The van der Waals surface area contributed by atoms with Gasteiger partial charge in [0, 0.05) is 12.7 Å². The zero-order chi connectivity index (χ0) is 18.5. The zero-order valence-electron chi connectivity index (χ0n) is 13.9. The van der Waals surface area contributed by atoms with E-state index in [1.807, 2.05) is 24.3 Å². The predicted molar refractivity (Wildman–Crippen MR) is 96.2 cm³/mol. The summed E-state index contributed by atoms with van der Waals surface area (Å²) in [5, 5.41) is 0.557. The number of carbonyl (C=O) groups excluding carboxylic acids is 1. The van der Waals surface area contributed by atoms with Crippen molar-refractivity contribution in [2.45, 2.75) is 6.61 Å². The van der Waals surface area contributed by atoms with Crippen LogP contribution >= 0.6 is 11.3 Å². The van der Waals surface area contributed by atoms with Gasteiger partial charge in [-0.25, -0.2) is 4.98 Å². The van der Waals surface area contributed by atoms with Crippen LogP contribution in [0.25, 0.3) is 10.2 Å². The zero-order valence-corrected chi connectivity index (χ0v) is 14.7. The molecule has 1 heterocycles. The van der Waals surface area contributed by atoms with E-state index in [4.69, 9.17) is 4.74 Å². The Morgan fingerprint density at radius 3 is 2.58 bits per heavy atom. The molecule has 3 aromatic rings. The highest BCUT2D eigenvalue weighted by molar-refractivity contribution is 7.22. The first-order valence-corrected chi connectivity index (χ1v) is 8.61. The van der Waals surface area contributed by atoms with E-state index < -0.39 is 6.61 Å². The quantitative estimate of drug-likeness (QED) is 0.619. The number of rotatable bonds is 7. The van der Waals surface area contributed by atoms with E-state index in [1.165, 1.54) is 40.5 Å². The summed E-state index contributed by atoms with van der Waals surface area (Å²) in [5.74, 6) is -0.287. The first-order chi connectivity index (χ1) is 12.6. The summed E-state index contributed by atoms with van der Waals surface area (Å²) in [6, 6.07) is 13.2. The first-order valence-electron chi connectivity index (χ1n) is 7.79. The molecule has 0 N–H and O–H groups in total. The molecule has 0 radical (unpaired) electrons. The number of methoxy groups -OCH3 is 1. The third kappa shape index (κ3) is 4.14. The molecule has 0 aliphatic heterocycles. The third-order valence-electron chi connectivity index (χ3n) is 3.60. The van der Waals surface area contributed by atoms with Gasteiger partial charge in [-0.05, 0) is 36.4 Å². The number of amides is 1. The van der Waals surface area contributed by atoms with Crippen LogP contribution in [0.15, 0.2) is 48.5 Å². The van der Waals surface area contributed by atoms with E-state index in [9.17, 15) is 13.6 Å². The van der Waals surface area contributed by atoms with Crippen molar-refractivity contribution in [2.24, 2.45) is 0 Å². The molecule has 3 rings (SSSR count). The van der Waals surface area contributed by atoms with Crippen molar-refractivity contribution in [1.29, 1.82) is 0 Å². The first kappa shape index (κ1) is 18.2. The lowest BCUT2D eigenvalue weighted by atomic mass is 10.2. The maximum Gasteiger partial charge on any atom is 0.387 e. The Labute approximate surface area is 152 Å². The fourth-order valence-corrected chi connectivity index (χ4v) is 3.37. The van der Waals surface area contributed by atoms with Gasteiger partial charge in [-0.1, -0.05) is 23.5 Å². The van der Waals surface area contributed by atoms with E-state index in [-0.39, 0.29) is 11.7 Å². The van der Waals surface area contributed by atoms with Gasteiger partial charge in [0.15, 0.2) is 5.13 Å². The minimum absolute atomic E-state index is 0.0000198. The second-order valence-corrected chi connectivity index (χ2v) is 6.33. The molecule has 26 heavy (non-hydrogen) atoms. The van der Waals surface area contributed by atoms with Crippen molar-refractivity contribution in [3.8, 4) is 5.75 Å². The molecule has 0 bridgehead atoms. The highest BCUT2D eigenvalue weighted by Gasteiger charge is 2.21. The number of ether oxygens (including phenoxy) is 2. The average Bonchev–Trinajstić information content (AvgIpc) is 3.05. The summed E-state index contributed by atoms with van der Waals surface area (Å²) >= 11 is 1.40. The highest BCUT2D eigenvalue weighted by atomic mass is 32.1. The molecular formula is C18H16F2N2O3S. The lowest BCUT2D eigenvalue weighted by Gasteiger charge is -2.19. The molecule has 0 aliphatic rings. The Morgan fingerprint density at radius 1 is 1.19 bits per heavy atom. The van der Waals surface area contributed by atoms with Gasteiger partial charge in [0.05, 0.1) is 23.4 Å². The molecule has 1 amide bonds. The Bertz CT molecular complexity index is 851. The van der Waals surface area contributed by atoms with Crippen LogP contribution in [0.5, 0.6) is 5.75 Å². The summed E-state index contributed by atoms with van der Waals surface area (Å²) in [4.78, 5) is 18.9. The van der Waals surface area contributed by atoms with Gasteiger partial charge in [-0.15, -0.1) is 0 Å². The summed E-state index contributed by atoms with van der Waals surface area (Å²) in [6.45, 7) is -2.24. The van der Waals surface area contributed by atoms with Gasteiger partial charge in [0.2, 0.25) is 0 Å². The molecule has 8 heteroatoms. The normalized spacial score (nSPS) is 11.1. The molecule has 0 aliphatic carbocycles. The Hall–Kier alpha value is -2.58. The van der Waals surface area contributed by atoms with Crippen molar-refractivity contribution in [2.75, 3.05) is 25.2 Å². The van der Waals surface area contributed by atoms with Crippen molar-refractivity contribution >= 4 is 32.6 Å². The van der Waals surface area contributed by atoms with E-state index in [0.29, 0.717) is 23.8 Å². The number of hydrogen-bond donors (Lipinski definition) is 0. The lowest BCUT2D eigenvalue weighted by molar-refractivity contribution is -0.0498. The fourth-order valence-electron chi connectivity index (χ4n) is 2.38. The molecule has 0 atom stereocenters. The minimum Gasteiger partial charge on any atom is -0.435 e. The van der Waals surface area contributed by atoms with Gasteiger partial charge in [-0.3, -0.25) is 9.69 Å². The Kier molecular flexibility index (Phi) is 5.75. The molecule has 1 aromatic heterocycles. The van der Waals surface area contributed by atoms with Crippen LogP contribution in [0.4, 0.5) is 13.9 Å². The Balaban J connectivity index is 1.87. The SMILES string of the molecule is COCCN(C(=O)c1ccc(OC(F)F)cc1)c1nc2ccccc2s1. The highest BCUT2D eigenvalue weighted by Crippen LogP contribution is 2.29. The molecule has 136 valence electrons. The molecule has 0 saturated carbocycles. The van der Waals surface area contributed by atoms with Crippen LogP contribution in [-0.4, -0.2) is 37.8 Å². The van der Waals surface area contributed by atoms with Gasteiger partial charge in [-0.2, -0.15) is 8.78 Å². The summed E-state index contributed by atoms with van der Waals surface area (Å²) in [5.41, 5.74) is 1.16. The number of halogens is 2. The van der Waals surface area contributed by atoms with E-state index >= 15 is 0 Å². The number of para-hydroxylation sites is 1. The number of carbonyl (C=O) groups is 1. The van der Waals surface area contributed by atoms with Crippen LogP contribution in [-0.2, 0) is 4.74 Å². The number of aromatic nitrogens is 1. The van der Waals surface area contributed by atoms with Crippen LogP contribution in [0.1, 0.15) is 10.4 Å². The van der Waals surface area contributed by atoms with Crippen molar-refractivity contribution < 1.29 is 23.0 Å². The van der Waals surface area contributed by atoms with Crippen molar-refractivity contribution in [1.82, 2.24) is 4.98 Å². The third-order valence-corrected chi connectivity index (χ3v) is 4.66. The topological polar surface area (TPSA) is 51.7 Å². The van der Waals surface area contributed by atoms with Crippen LogP contribution in [0.2, 0.25) is 0 Å². The molecule has 2 aromatic carbocycles. The standard InChI is InChI=1S/C18H16F2N2O3S/c1-24-11-10-22(18-21-14-4-2-3-5-15(14)26-18)16(23)12-6-8-13(9-7-12)25-17(19)20/h2-9,17H,10-11H2,1H3. The van der Waals surface area contributed by atoms with E-state index in [2.05, 4.69) is 9.72 Å². The maximum absolute atomic E-state index is 12.9. The number of anilines is 1. The molecule has 0 fully saturated rings. The molecular weight excluding hydrogens is 362 g/mol. The maximum atomic E-state index is 12.9. The largest absolute Gasteiger partial charge is 0.435 e. The summed E-state index contributed by atoms with van der Waals surface area (Å²) in [6.07, 6.45) is 0. The van der Waals surface area contributed by atoms with Crippen LogP contribution in [0.3, 0.4) is 0 Å². The summed E-state index contributed by atoms with van der Waals surface area (Å²) in [7, 11) is 1.55. The number of thiazole rings is 1.